The highest BCUT2D eigenvalue weighted by Gasteiger charge is 2.36. The maximum atomic E-state index is 13.7. The van der Waals surface area contributed by atoms with E-state index < -0.39 is 41.1 Å². The smallest absolute Gasteiger partial charge is 0.407 e. The average molecular weight is 535 g/mol. The van der Waals surface area contributed by atoms with Gasteiger partial charge in [0, 0.05) is 32.4 Å². The van der Waals surface area contributed by atoms with E-state index in [-0.39, 0.29) is 31.1 Å². The van der Waals surface area contributed by atoms with E-state index in [4.69, 9.17) is 9.47 Å². The van der Waals surface area contributed by atoms with Crippen LogP contribution in [0.5, 0.6) is 0 Å². The van der Waals surface area contributed by atoms with E-state index in [2.05, 4.69) is 11.4 Å². The zero-order valence-corrected chi connectivity index (χ0v) is 24.0. The fraction of sp³-hybridized carbons (Fsp3) is 0.690. The summed E-state index contributed by atoms with van der Waals surface area (Å²) in [6.45, 7) is 11.8. The Kier molecular flexibility index (Phi) is 11.2. The average Bonchev–Trinajstić information content (AvgIpc) is 2.79. The molecule has 0 radical (unpaired) electrons. The molecule has 9 heteroatoms. The maximum Gasteiger partial charge on any atom is 0.407 e. The molecular weight excluding hydrogens is 488 g/mol. The lowest BCUT2D eigenvalue weighted by Gasteiger charge is -2.38. The van der Waals surface area contributed by atoms with Gasteiger partial charge in [-0.15, -0.1) is 0 Å². The molecule has 2 amide bonds. The number of carboxylic acid groups (broad SMARTS) is 1. The number of para-hydroxylation sites is 1. The predicted molar refractivity (Wildman–Crippen MR) is 146 cm³/mol. The molecule has 2 rings (SSSR count). The van der Waals surface area contributed by atoms with Gasteiger partial charge in [-0.3, -0.25) is 9.59 Å². The van der Waals surface area contributed by atoms with Gasteiger partial charge in [-0.2, -0.15) is 0 Å². The molecule has 9 nitrogen and oxygen atoms in total. The van der Waals surface area contributed by atoms with Crippen molar-refractivity contribution in [1.82, 2.24) is 5.32 Å². The number of aliphatic carboxylic acids is 1. The number of hydrogen-bond acceptors (Lipinski definition) is 6. The van der Waals surface area contributed by atoms with Crippen LogP contribution in [0.4, 0.5) is 10.5 Å². The van der Waals surface area contributed by atoms with E-state index in [1.807, 2.05) is 36.9 Å². The highest BCUT2D eigenvalue weighted by molar-refractivity contribution is 5.95. The summed E-state index contributed by atoms with van der Waals surface area (Å²) in [7, 11) is 1.68. The van der Waals surface area contributed by atoms with E-state index >= 15 is 0 Å². The number of hydrogen-bond donors (Lipinski definition) is 3. The number of anilines is 1. The molecule has 0 fully saturated rings. The number of fused-ring (bicyclic) bond motifs is 1. The third-order valence-electron chi connectivity index (χ3n) is 6.85. The number of carboxylic acids is 1. The van der Waals surface area contributed by atoms with Crippen LogP contribution in [0, 0.1) is 17.3 Å². The summed E-state index contributed by atoms with van der Waals surface area (Å²) in [6.07, 6.45) is 0.325. The molecule has 0 aromatic heterocycles. The summed E-state index contributed by atoms with van der Waals surface area (Å²) in [4.78, 5) is 39.5. The van der Waals surface area contributed by atoms with Crippen molar-refractivity contribution in [2.45, 2.75) is 91.4 Å². The molecule has 1 aliphatic heterocycles. The largest absolute Gasteiger partial charge is 0.481 e. The summed E-state index contributed by atoms with van der Waals surface area (Å²) in [6, 6.07) is 7.14. The number of rotatable bonds is 12. The first kappa shape index (κ1) is 31.6. The lowest BCUT2D eigenvalue weighted by atomic mass is 9.79. The fourth-order valence-corrected chi connectivity index (χ4v) is 4.93. The Labute approximate surface area is 226 Å². The summed E-state index contributed by atoms with van der Waals surface area (Å²) >= 11 is 0. The Morgan fingerprint density at radius 1 is 1.16 bits per heavy atom. The first-order valence-electron chi connectivity index (χ1n) is 13.4. The third-order valence-corrected chi connectivity index (χ3v) is 6.85. The van der Waals surface area contributed by atoms with E-state index in [9.17, 15) is 24.6 Å². The number of nitrogens with one attached hydrogen (secondary N) is 1. The van der Waals surface area contributed by atoms with E-state index in [1.54, 1.807) is 27.9 Å². The number of alkyl carbamates (subject to hydrolysis) is 1. The number of amides is 2. The van der Waals surface area contributed by atoms with E-state index in [0.29, 0.717) is 13.2 Å². The molecule has 0 bridgehead atoms. The van der Waals surface area contributed by atoms with E-state index in [1.165, 1.54) is 6.92 Å². The molecule has 0 saturated carbocycles. The summed E-state index contributed by atoms with van der Waals surface area (Å²) in [5.41, 5.74) is 0.702. The molecule has 0 unspecified atom stereocenters. The number of nitrogens with zero attached hydrogens (tertiary/aromatic N) is 1. The maximum absolute atomic E-state index is 13.7. The van der Waals surface area contributed by atoms with Crippen LogP contribution >= 0.6 is 0 Å². The molecule has 3 N–H and O–H groups in total. The first-order chi connectivity index (χ1) is 17.6. The molecule has 0 aliphatic carbocycles. The molecule has 0 saturated heterocycles. The number of methoxy groups -OCH3 is 1. The standard InChI is InChI=1S/C29H46N2O7/c1-19(26(34)35)14-24(32)22(30-27(36)38-28(2,3)4)16-29(5,6)17-25(33)31-18-20(12-13-37-7)15-21-10-8-9-11-23(21)31/h8-11,19-20,22,24,32H,12-18H2,1-7H3,(H,30,36)(H,34,35)/t19-,20+,22+,24+/m1/s1. The van der Waals surface area contributed by atoms with Gasteiger partial charge >= 0.3 is 12.1 Å². The van der Waals surface area contributed by atoms with Gasteiger partial charge in [-0.05, 0) is 69.4 Å². The van der Waals surface area contributed by atoms with Crippen molar-refractivity contribution in [2.24, 2.45) is 17.3 Å². The fourth-order valence-electron chi connectivity index (χ4n) is 4.93. The van der Waals surface area contributed by atoms with Crippen LogP contribution in [-0.4, -0.2) is 66.2 Å². The summed E-state index contributed by atoms with van der Waals surface area (Å²) in [5.74, 6) is -1.57. The van der Waals surface area contributed by atoms with Crippen LogP contribution < -0.4 is 10.2 Å². The number of benzene rings is 1. The molecule has 4 atom stereocenters. The number of ether oxygens (including phenoxy) is 2. The van der Waals surface area contributed by atoms with Crippen molar-refractivity contribution in [3.8, 4) is 0 Å². The van der Waals surface area contributed by atoms with Crippen LogP contribution in [0.3, 0.4) is 0 Å². The first-order valence-corrected chi connectivity index (χ1v) is 13.4. The van der Waals surface area contributed by atoms with Crippen molar-refractivity contribution in [3.05, 3.63) is 29.8 Å². The van der Waals surface area contributed by atoms with Gasteiger partial charge in [0.05, 0.1) is 18.1 Å². The molecule has 1 aromatic rings. The second kappa shape index (κ2) is 13.4. The van der Waals surface area contributed by atoms with Crippen LogP contribution in [0.2, 0.25) is 0 Å². The van der Waals surface area contributed by atoms with Gasteiger partial charge in [0.1, 0.15) is 5.60 Å². The van der Waals surface area contributed by atoms with Crippen molar-refractivity contribution >= 4 is 23.7 Å². The number of carbonyl (C=O) groups is 3. The third kappa shape index (κ3) is 9.91. The Balaban J connectivity index is 2.20. The van der Waals surface area contributed by atoms with E-state index in [0.717, 1.165) is 24.1 Å². The lowest BCUT2D eigenvalue weighted by Crippen LogP contribution is -2.49. The topological polar surface area (TPSA) is 125 Å². The minimum absolute atomic E-state index is 0.0334. The minimum atomic E-state index is -1.13. The molecule has 1 aliphatic rings. The Morgan fingerprint density at radius 3 is 2.42 bits per heavy atom. The second-order valence-corrected chi connectivity index (χ2v) is 12.3. The Morgan fingerprint density at radius 2 is 1.82 bits per heavy atom. The summed E-state index contributed by atoms with van der Waals surface area (Å²) in [5, 5.41) is 23.0. The molecule has 0 spiro atoms. The number of aliphatic hydroxyl groups is 1. The zero-order chi connectivity index (χ0) is 28.7. The van der Waals surface area contributed by atoms with Gasteiger partial charge in [0.2, 0.25) is 5.91 Å². The highest BCUT2D eigenvalue weighted by Crippen LogP contribution is 2.35. The highest BCUT2D eigenvalue weighted by atomic mass is 16.6. The van der Waals surface area contributed by atoms with Crippen LogP contribution in [0.1, 0.15) is 72.8 Å². The Hall–Kier alpha value is -2.65. The quantitative estimate of drug-likeness (QED) is 0.363. The van der Waals surface area contributed by atoms with Gasteiger partial charge in [0.25, 0.3) is 0 Å². The molecule has 38 heavy (non-hydrogen) atoms. The van der Waals surface area contributed by atoms with Crippen molar-refractivity contribution < 1.29 is 34.1 Å². The van der Waals surface area contributed by atoms with Crippen LogP contribution in [0.15, 0.2) is 24.3 Å². The predicted octanol–water partition coefficient (Wildman–Crippen LogP) is 4.40. The van der Waals surface area contributed by atoms with Crippen molar-refractivity contribution in [1.29, 1.82) is 0 Å². The van der Waals surface area contributed by atoms with Gasteiger partial charge < -0.3 is 29.9 Å². The van der Waals surface area contributed by atoms with Gasteiger partial charge in [-0.25, -0.2) is 4.79 Å². The minimum Gasteiger partial charge on any atom is -0.481 e. The molecule has 1 heterocycles. The van der Waals surface area contributed by atoms with Gasteiger partial charge in [0.15, 0.2) is 0 Å². The van der Waals surface area contributed by atoms with Gasteiger partial charge in [-0.1, -0.05) is 39.0 Å². The summed E-state index contributed by atoms with van der Waals surface area (Å²) < 4.78 is 10.7. The molecule has 214 valence electrons. The van der Waals surface area contributed by atoms with Crippen molar-refractivity contribution in [2.75, 3.05) is 25.2 Å². The molecular formula is C29H46N2O7. The van der Waals surface area contributed by atoms with Crippen molar-refractivity contribution in [3.63, 3.8) is 0 Å². The zero-order valence-electron chi connectivity index (χ0n) is 24.0. The normalized spacial score (nSPS) is 18.2. The number of carbonyl (C=O) groups excluding carboxylic acids is 2. The molecule has 1 aromatic carbocycles. The second-order valence-electron chi connectivity index (χ2n) is 12.3. The van der Waals surface area contributed by atoms with Crippen LogP contribution in [0.25, 0.3) is 0 Å². The lowest BCUT2D eigenvalue weighted by molar-refractivity contribution is -0.142. The Bertz CT molecular complexity index is 956. The number of aliphatic hydroxyl groups excluding tert-OH is 1. The van der Waals surface area contributed by atoms with Crippen LogP contribution in [-0.2, 0) is 25.5 Å². The SMILES string of the molecule is COCC[C@H]1Cc2ccccc2N(C(=O)CC(C)(C)C[C@H](NC(=O)OC(C)(C)C)[C@@H](O)C[C@@H](C)C(=O)O)C1. The monoisotopic (exact) mass is 534 g/mol.